The van der Waals surface area contributed by atoms with E-state index in [0.717, 1.165) is 23.1 Å². The first kappa shape index (κ1) is 25.7. The fraction of sp³-hybridized carbons (Fsp3) is 0.462. The number of rotatable bonds is 11. The third-order valence-electron chi connectivity index (χ3n) is 5.64. The summed E-state index contributed by atoms with van der Waals surface area (Å²) in [6, 6.07) is 13.1. The molecule has 0 aliphatic rings. The summed E-state index contributed by atoms with van der Waals surface area (Å²) in [6.07, 6.45) is 2.03. The standard InChI is InChI=1S/C26H35ClN2O3/c1-6-20(5)28-26(31)23(7-2)29(14-13-21-11-9-8-10-12-21)24(30)17-32-22-15-18(3)25(27)19(4)16-22/h8-12,15-16,20,23H,6-7,13-14,17H2,1-5H3,(H,28,31). The van der Waals surface area contributed by atoms with Crippen molar-refractivity contribution in [3.05, 3.63) is 64.2 Å². The molecule has 0 saturated carbocycles. The Balaban J connectivity index is 2.17. The first-order valence-electron chi connectivity index (χ1n) is 11.3. The van der Waals surface area contributed by atoms with Gasteiger partial charge in [0.05, 0.1) is 0 Å². The summed E-state index contributed by atoms with van der Waals surface area (Å²) in [7, 11) is 0. The normalized spacial score (nSPS) is 12.7. The van der Waals surface area contributed by atoms with Gasteiger partial charge in [0, 0.05) is 17.6 Å². The molecule has 2 aromatic rings. The smallest absolute Gasteiger partial charge is 0.261 e. The van der Waals surface area contributed by atoms with E-state index in [4.69, 9.17) is 16.3 Å². The van der Waals surface area contributed by atoms with Crippen LogP contribution in [0.3, 0.4) is 0 Å². The number of hydrogen-bond acceptors (Lipinski definition) is 3. The monoisotopic (exact) mass is 458 g/mol. The van der Waals surface area contributed by atoms with Crippen LogP contribution in [-0.4, -0.2) is 41.9 Å². The predicted molar refractivity (Wildman–Crippen MR) is 130 cm³/mol. The van der Waals surface area contributed by atoms with Crippen LogP contribution in [0.15, 0.2) is 42.5 Å². The van der Waals surface area contributed by atoms with Gasteiger partial charge in [-0.2, -0.15) is 0 Å². The van der Waals surface area contributed by atoms with E-state index in [-0.39, 0.29) is 24.5 Å². The van der Waals surface area contributed by atoms with Gasteiger partial charge in [-0.3, -0.25) is 9.59 Å². The number of nitrogens with one attached hydrogen (secondary N) is 1. The number of nitrogens with zero attached hydrogens (tertiary/aromatic N) is 1. The van der Waals surface area contributed by atoms with Gasteiger partial charge in [-0.15, -0.1) is 0 Å². The maximum absolute atomic E-state index is 13.2. The zero-order chi connectivity index (χ0) is 23.7. The van der Waals surface area contributed by atoms with Gasteiger partial charge in [-0.1, -0.05) is 55.8 Å². The number of amides is 2. The van der Waals surface area contributed by atoms with Crippen LogP contribution in [0.2, 0.25) is 5.02 Å². The number of halogens is 1. The first-order valence-corrected chi connectivity index (χ1v) is 11.7. The van der Waals surface area contributed by atoms with Crippen LogP contribution in [0.1, 0.15) is 50.3 Å². The summed E-state index contributed by atoms with van der Waals surface area (Å²) in [6.45, 7) is 10.0. The minimum atomic E-state index is -0.544. The molecule has 0 saturated heterocycles. The zero-order valence-corrected chi connectivity index (χ0v) is 20.5. The van der Waals surface area contributed by atoms with Crippen molar-refractivity contribution in [2.24, 2.45) is 0 Å². The Morgan fingerprint density at radius 1 is 1.06 bits per heavy atom. The molecule has 6 heteroatoms. The Morgan fingerprint density at radius 2 is 1.69 bits per heavy atom. The average Bonchev–Trinajstić information content (AvgIpc) is 2.78. The molecule has 2 unspecified atom stereocenters. The second-order valence-corrected chi connectivity index (χ2v) is 8.60. The van der Waals surface area contributed by atoms with Crippen molar-refractivity contribution >= 4 is 23.4 Å². The second-order valence-electron chi connectivity index (χ2n) is 8.22. The van der Waals surface area contributed by atoms with Crippen molar-refractivity contribution in [1.82, 2.24) is 10.2 Å². The molecule has 0 aliphatic carbocycles. The van der Waals surface area contributed by atoms with Crippen molar-refractivity contribution in [3.63, 3.8) is 0 Å². The molecule has 5 nitrogen and oxygen atoms in total. The van der Waals surface area contributed by atoms with Crippen LogP contribution >= 0.6 is 11.6 Å². The molecule has 1 N–H and O–H groups in total. The highest BCUT2D eigenvalue weighted by atomic mass is 35.5. The molecule has 0 aromatic heterocycles. The first-order chi connectivity index (χ1) is 15.3. The van der Waals surface area contributed by atoms with Gasteiger partial charge in [-0.25, -0.2) is 0 Å². The molecule has 0 aliphatic heterocycles. The van der Waals surface area contributed by atoms with Crippen LogP contribution < -0.4 is 10.1 Å². The minimum absolute atomic E-state index is 0.0545. The largest absolute Gasteiger partial charge is 0.484 e. The average molecular weight is 459 g/mol. The highest BCUT2D eigenvalue weighted by Gasteiger charge is 2.29. The van der Waals surface area contributed by atoms with Crippen LogP contribution in [0.25, 0.3) is 0 Å². The topological polar surface area (TPSA) is 58.6 Å². The summed E-state index contributed by atoms with van der Waals surface area (Å²) in [5.41, 5.74) is 2.91. The third-order valence-corrected chi connectivity index (χ3v) is 6.24. The molecule has 0 bridgehead atoms. The van der Waals surface area contributed by atoms with E-state index in [2.05, 4.69) is 5.32 Å². The fourth-order valence-electron chi connectivity index (χ4n) is 3.55. The summed E-state index contributed by atoms with van der Waals surface area (Å²) in [5, 5.41) is 3.72. The Bertz CT molecular complexity index is 878. The SMILES string of the molecule is CCC(C)NC(=O)C(CC)N(CCc1ccccc1)C(=O)COc1cc(C)c(Cl)c(C)c1. The van der Waals surface area contributed by atoms with Crippen LogP contribution in [-0.2, 0) is 16.0 Å². The lowest BCUT2D eigenvalue weighted by atomic mass is 10.1. The van der Waals surface area contributed by atoms with Gasteiger partial charge < -0.3 is 15.0 Å². The molecule has 32 heavy (non-hydrogen) atoms. The van der Waals surface area contributed by atoms with Crippen molar-refractivity contribution in [2.45, 2.75) is 66.0 Å². The van der Waals surface area contributed by atoms with Gasteiger partial charge in [-0.05, 0) is 68.9 Å². The molecule has 2 rings (SSSR count). The van der Waals surface area contributed by atoms with Gasteiger partial charge in [0.1, 0.15) is 11.8 Å². The zero-order valence-electron chi connectivity index (χ0n) is 19.8. The summed E-state index contributed by atoms with van der Waals surface area (Å²) >= 11 is 6.24. The van der Waals surface area contributed by atoms with E-state index in [1.165, 1.54) is 0 Å². The van der Waals surface area contributed by atoms with Crippen molar-refractivity contribution in [2.75, 3.05) is 13.2 Å². The quantitative estimate of drug-likeness (QED) is 0.509. The molecule has 0 fully saturated rings. The lowest BCUT2D eigenvalue weighted by Gasteiger charge is -2.31. The highest BCUT2D eigenvalue weighted by Crippen LogP contribution is 2.26. The molecule has 0 heterocycles. The maximum Gasteiger partial charge on any atom is 0.261 e. The van der Waals surface area contributed by atoms with Crippen molar-refractivity contribution in [1.29, 1.82) is 0 Å². The molecule has 0 spiro atoms. The number of ether oxygens (including phenoxy) is 1. The third kappa shape index (κ3) is 7.27. The van der Waals surface area contributed by atoms with Crippen LogP contribution in [0.5, 0.6) is 5.75 Å². The summed E-state index contributed by atoms with van der Waals surface area (Å²) in [4.78, 5) is 27.8. The van der Waals surface area contributed by atoms with E-state index < -0.39 is 6.04 Å². The Morgan fingerprint density at radius 3 is 2.25 bits per heavy atom. The Kier molecular flexibility index (Phi) is 10.0. The molecule has 2 aromatic carbocycles. The highest BCUT2D eigenvalue weighted by molar-refractivity contribution is 6.32. The Hall–Kier alpha value is -2.53. The van der Waals surface area contributed by atoms with E-state index in [1.807, 2.05) is 77.1 Å². The van der Waals surface area contributed by atoms with Crippen LogP contribution in [0.4, 0.5) is 0 Å². The summed E-state index contributed by atoms with van der Waals surface area (Å²) < 4.78 is 5.81. The Labute approximate surface area is 197 Å². The molecule has 174 valence electrons. The fourth-order valence-corrected chi connectivity index (χ4v) is 3.66. The summed E-state index contributed by atoms with van der Waals surface area (Å²) in [5.74, 6) is 0.261. The maximum atomic E-state index is 13.2. The number of benzene rings is 2. The van der Waals surface area contributed by atoms with E-state index >= 15 is 0 Å². The van der Waals surface area contributed by atoms with E-state index in [1.54, 1.807) is 4.90 Å². The molecule has 2 amide bonds. The number of carbonyl (C=O) groups excluding carboxylic acids is 2. The van der Waals surface area contributed by atoms with E-state index in [0.29, 0.717) is 30.2 Å². The molecular formula is C26H35ClN2O3. The molecular weight excluding hydrogens is 424 g/mol. The van der Waals surface area contributed by atoms with Gasteiger partial charge in [0.25, 0.3) is 5.91 Å². The van der Waals surface area contributed by atoms with Crippen molar-refractivity contribution < 1.29 is 14.3 Å². The second kappa shape index (κ2) is 12.5. The predicted octanol–water partition coefficient (Wildman–Crippen LogP) is 5.10. The van der Waals surface area contributed by atoms with Crippen molar-refractivity contribution in [3.8, 4) is 5.75 Å². The lowest BCUT2D eigenvalue weighted by molar-refractivity contribution is -0.142. The van der Waals surface area contributed by atoms with Crippen LogP contribution in [0, 0.1) is 13.8 Å². The van der Waals surface area contributed by atoms with Gasteiger partial charge >= 0.3 is 0 Å². The van der Waals surface area contributed by atoms with Gasteiger partial charge in [0.15, 0.2) is 6.61 Å². The molecule has 0 radical (unpaired) electrons. The number of carbonyl (C=O) groups is 2. The lowest BCUT2D eigenvalue weighted by Crippen LogP contribution is -2.52. The number of hydrogen-bond donors (Lipinski definition) is 1. The van der Waals surface area contributed by atoms with E-state index in [9.17, 15) is 9.59 Å². The van der Waals surface area contributed by atoms with Gasteiger partial charge in [0.2, 0.25) is 5.91 Å². The minimum Gasteiger partial charge on any atom is -0.484 e. The molecule has 2 atom stereocenters. The number of aryl methyl sites for hydroxylation is 2.